The monoisotopic (exact) mass is 418 g/mol. The Kier molecular flexibility index (Phi) is 4.32. The van der Waals surface area contributed by atoms with Crippen LogP contribution in [0.2, 0.25) is 0 Å². The van der Waals surface area contributed by atoms with Crippen LogP contribution in [0.3, 0.4) is 0 Å². The second kappa shape index (κ2) is 7.03. The second-order valence-corrected chi connectivity index (χ2v) is 9.38. The molecule has 0 aliphatic heterocycles. The fourth-order valence-corrected chi connectivity index (χ4v) is 3.92. The molecule has 0 aliphatic rings. The minimum absolute atomic E-state index is 0.0218. The number of aromatic amines is 1. The van der Waals surface area contributed by atoms with E-state index in [1.165, 1.54) is 6.26 Å². The number of H-pyrrole nitrogens is 1. The molecule has 5 aromatic rings. The molecule has 30 heavy (non-hydrogen) atoms. The van der Waals surface area contributed by atoms with Gasteiger partial charge in [0, 0.05) is 18.2 Å². The summed E-state index contributed by atoms with van der Waals surface area (Å²) in [6.45, 7) is 0. The summed E-state index contributed by atoms with van der Waals surface area (Å²) in [5.41, 5.74) is 4.83. The molecular weight excluding hydrogens is 400 g/mol. The molecule has 0 fully saturated rings. The number of sulfone groups is 1. The fraction of sp³-hybridized carbons (Fsp3) is 0.143. The zero-order valence-corrected chi connectivity index (χ0v) is 17.0. The van der Waals surface area contributed by atoms with Crippen molar-refractivity contribution >= 4 is 26.6 Å². The normalized spacial score (nSPS) is 12.0. The quantitative estimate of drug-likeness (QED) is 0.470. The van der Waals surface area contributed by atoms with Crippen molar-refractivity contribution in [3.8, 4) is 22.5 Å². The summed E-state index contributed by atoms with van der Waals surface area (Å²) in [6, 6.07) is 18.1. The Morgan fingerprint density at radius 3 is 2.37 bits per heavy atom. The topological polar surface area (TPSA) is 106 Å². The first kappa shape index (κ1) is 18.4. The van der Waals surface area contributed by atoms with E-state index in [2.05, 4.69) is 37.2 Å². The number of nitrogens with zero attached hydrogens (tertiary/aromatic N) is 5. The van der Waals surface area contributed by atoms with Gasteiger partial charge in [0.1, 0.15) is 21.2 Å². The van der Waals surface area contributed by atoms with Gasteiger partial charge in [0.15, 0.2) is 17.1 Å². The van der Waals surface area contributed by atoms with Crippen molar-refractivity contribution in [3.05, 3.63) is 66.7 Å². The molecule has 3 aromatic heterocycles. The van der Waals surface area contributed by atoms with Gasteiger partial charge in [-0.2, -0.15) is 4.52 Å². The smallest absolute Gasteiger partial charge is 0.185 e. The van der Waals surface area contributed by atoms with Crippen LogP contribution in [0.5, 0.6) is 0 Å². The molecule has 9 heteroatoms. The molecule has 1 N–H and O–H groups in total. The molecule has 150 valence electrons. The highest BCUT2D eigenvalue weighted by Gasteiger charge is 2.17. The minimum Gasteiger partial charge on any atom is -0.340 e. The van der Waals surface area contributed by atoms with Crippen molar-refractivity contribution in [2.75, 3.05) is 12.0 Å². The van der Waals surface area contributed by atoms with Crippen molar-refractivity contribution in [3.63, 3.8) is 0 Å². The Morgan fingerprint density at radius 1 is 0.933 bits per heavy atom. The first-order chi connectivity index (χ1) is 14.5. The lowest BCUT2D eigenvalue weighted by Gasteiger charge is -2.03. The van der Waals surface area contributed by atoms with Crippen LogP contribution in [0.25, 0.3) is 39.3 Å². The molecule has 0 radical (unpaired) electrons. The van der Waals surface area contributed by atoms with Gasteiger partial charge < -0.3 is 4.98 Å². The van der Waals surface area contributed by atoms with Gasteiger partial charge in [-0.15, -0.1) is 5.10 Å². The third-order valence-electron chi connectivity index (χ3n) is 4.88. The maximum absolute atomic E-state index is 11.6. The Hall–Kier alpha value is -3.59. The molecule has 3 heterocycles. The Morgan fingerprint density at radius 2 is 1.63 bits per heavy atom. The van der Waals surface area contributed by atoms with Crippen LogP contribution in [0.4, 0.5) is 0 Å². The Labute approximate surface area is 172 Å². The highest BCUT2D eigenvalue weighted by atomic mass is 32.2. The van der Waals surface area contributed by atoms with Crippen LogP contribution < -0.4 is 0 Å². The maximum Gasteiger partial charge on any atom is 0.185 e. The van der Waals surface area contributed by atoms with E-state index in [1.54, 1.807) is 10.8 Å². The Balaban J connectivity index is 1.58. The summed E-state index contributed by atoms with van der Waals surface area (Å²) in [5, 5.41) is 4.62. The summed E-state index contributed by atoms with van der Waals surface area (Å²) in [5.74, 6) is 1.03. The fourth-order valence-electron chi connectivity index (χ4n) is 3.36. The van der Waals surface area contributed by atoms with Crippen LogP contribution >= 0.6 is 0 Å². The van der Waals surface area contributed by atoms with Crippen molar-refractivity contribution in [1.82, 2.24) is 29.5 Å². The number of benzene rings is 2. The van der Waals surface area contributed by atoms with Crippen molar-refractivity contribution < 1.29 is 8.42 Å². The molecule has 0 unspecified atom stereocenters. The predicted molar refractivity (Wildman–Crippen MR) is 115 cm³/mol. The number of hydrogen-bond acceptors (Lipinski definition) is 6. The number of fused-ring (bicyclic) bond motifs is 3. The molecule has 5 rings (SSSR count). The van der Waals surface area contributed by atoms with Gasteiger partial charge >= 0.3 is 0 Å². The SMILES string of the molecule is CS(=O)(=O)CCc1nc2nc[nH]c2c2nc(-c3ccc(-c4ccccc4)cc3)nn12. The number of aromatic nitrogens is 6. The molecule has 0 aliphatic carbocycles. The first-order valence-electron chi connectivity index (χ1n) is 9.40. The molecule has 0 bridgehead atoms. The van der Waals surface area contributed by atoms with Crippen LogP contribution in [-0.4, -0.2) is 50.0 Å². The van der Waals surface area contributed by atoms with Crippen molar-refractivity contribution in [1.29, 1.82) is 0 Å². The third-order valence-corrected chi connectivity index (χ3v) is 5.82. The van der Waals surface area contributed by atoms with E-state index in [0.29, 0.717) is 28.5 Å². The lowest BCUT2D eigenvalue weighted by atomic mass is 10.0. The van der Waals surface area contributed by atoms with Crippen LogP contribution in [0, 0.1) is 0 Å². The second-order valence-electron chi connectivity index (χ2n) is 7.12. The number of imidazole rings is 1. The van der Waals surface area contributed by atoms with Gasteiger partial charge in [0.2, 0.25) is 0 Å². The highest BCUT2D eigenvalue weighted by molar-refractivity contribution is 7.90. The number of rotatable bonds is 5. The van der Waals surface area contributed by atoms with Gasteiger partial charge in [-0.1, -0.05) is 54.6 Å². The molecule has 8 nitrogen and oxygen atoms in total. The molecule has 0 amide bonds. The molecule has 0 saturated carbocycles. The maximum atomic E-state index is 11.6. The van der Waals surface area contributed by atoms with Gasteiger partial charge in [-0.3, -0.25) is 0 Å². The lowest BCUT2D eigenvalue weighted by molar-refractivity contribution is 0.600. The molecular formula is C21H18N6O2S. The summed E-state index contributed by atoms with van der Waals surface area (Å²) in [7, 11) is -3.14. The van der Waals surface area contributed by atoms with Crippen molar-refractivity contribution in [2.24, 2.45) is 0 Å². The van der Waals surface area contributed by atoms with Crippen LogP contribution in [0.15, 0.2) is 60.9 Å². The molecule has 2 aromatic carbocycles. The van der Waals surface area contributed by atoms with E-state index in [0.717, 1.165) is 16.7 Å². The summed E-state index contributed by atoms with van der Waals surface area (Å²) in [4.78, 5) is 16.4. The predicted octanol–water partition coefficient (Wildman–Crippen LogP) is 2.92. The van der Waals surface area contributed by atoms with Crippen LogP contribution in [0.1, 0.15) is 5.82 Å². The van der Waals surface area contributed by atoms with Gasteiger partial charge in [0.25, 0.3) is 0 Å². The molecule has 0 atom stereocenters. The Bertz CT molecular complexity index is 1450. The van der Waals surface area contributed by atoms with Gasteiger partial charge in [-0.05, 0) is 11.1 Å². The average Bonchev–Trinajstić information content (AvgIpc) is 3.39. The van der Waals surface area contributed by atoms with Crippen molar-refractivity contribution in [2.45, 2.75) is 6.42 Å². The van der Waals surface area contributed by atoms with E-state index in [9.17, 15) is 8.42 Å². The van der Waals surface area contributed by atoms with E-state index < -0.39 is 9.84 Å². The van der Waals surface area contributed by atoms with E-state index >= 15 is 0 Å². The first-order valence-corrected chi connectivity index (χ1v) is 11.5. The van der Waals surface area contributed by atoms with Crippen LogP contribution in [-0.2, 0) is 16.3 Å². The average molecular weight is 418 g/mol. The number of hydrogen-bond donors (Lipinski definition) is 1. The summed E-state index contributed by atoms with van der Waals surface area (Å²) < 4.78 is 24.9. The zero-order valence-electron chi connectivity index (χ0n) is 16.1. The largest absolute Gasteiger partial charge is 0.340 e. The number of nitrogens with one attached hydrogen (secondary N) is 1. The third kappa shape index (κ3) is 3.43. The van der Waals surface area contributed by atoms with E-state index in [-0.39, 0.29) is 12.2 Å². The molecule has 0 spiro atoms. The van der Waals surface area contributed by atoms with Gasteiger partial charge in [0.05, 0.1) is 12.1 Å². The number of aryl methyl sites for hydroxylation is 1. The minimum atomic E-state index is -3.14. The lowest BCUT2D eigenvalue weighted by Crippen LogP contribution is -2.11. The molecule has 0 saturated heterocycles. The highest BCUT2D eigenvalue weighted by Crippen LogP contribution is 2.25. The van der Waals surface area contributed by atoms with E-state index in [1.807, 2.05) is 42.5 Å². The summed E-state index contributed by atoms with van der Waals surface area (Å²) in [6.07, 6.45) is 2.98. The summed E-state index contributed by atoms with van der Waals surface area (Å²) >= 11 is 0. The van der Waals surface area contributed by atoms with Gasteiger partial charge in [-0.25, -0.2) is 23.4 Å². The van der Waals surface area contributed by atoms with E-state index in [4.69, 9.17) is 0 Å². The zero-order chi connectivity index (χ0) is 20.7. The standard InChI is InChI=1S/C21H18N6O2S/c1-30(28,29)12-11-17-24-20-18(22-13-23-20)21-25-19(26-27(17)21)16-9-7-15(8-10-16)14-5-3-2-4-6-14/h2-10,13H,11-12H2,1H3,(H,22,23).